The summed E-state index contributed by atoms with van der Waals surface area (Å²) in [5.41, 5.74) is 5.97. The molecule has 0 saturated carbocycles. The zero-order valence-corrected chi connectivity index (χ0v) is 10.0. The summed E-state index contributed by atoms with van der Waals surface area (Å²) in [6.45, 7) is 6.48. The van der Waals surface area contributed by atoms with Crippen LogP contribution in [0.2, 0.25) is 0 Å². The highest BCUT2D eigenvalue weighted by Crippen LogP contribution is 2.36. The summed E-state index contributed by atoms with van der Waals surface area (Å²) in [5.74, 6) is 1.02. The van der Waals surface area contributed by atoms with Crippen LogP contribution in [0.3, 0.4) is 0 Å². The van der Waals surface area contributed by atoms with E-state index in [1.807, 2.05) is 4.68 Å². The van der Waals surface area contributed by atoms with E-state index < -0.39 is 0 Å². The van der Waals surface area contributed by atoms with Crippen LogP contribution in [-0.2, 0) is 17.7 Å². The third kappa shape index (κ3) is 1.85. The van der Waals surface area contributed by atoms with Crippen molar-refractivity contribution in [2.45, 2.75) is 39.3 Å². The topological polar surface area (TPSA) is 66.0 Å². The van der Waals surface area contributed by atoms with Gasteiger partial charge in [0.15, 0.2) is 0 Å². The lowest BCUT2D eigenvalue weighted by atomic mass is 9.78. The van der Waals surface area contributed by atoms with Crippen LogP contribution in [0.15, 0.2) is 6.33 Å². The molecule has 0 aliphatic carbocycles. The number of aromatic nitrogens is 3. The van der Waals surface area contributed by atoms with Gasteiger partial charge in [-0.05, 0) is 20.3 Å². The molecule has 2 unspecified atom stereocenters. The Morgan fingerprint density at radius 1 is 1.69 bits per heavy atom. The van der Waals surface area contributed by atoms with E-state index >= 15 is 0 Å². The highest BCUT2D eigenvalue weighted by Gasteiger charge is 2.41. The molecule has 1 aromatic rings. The maximum atomic E-state index is 5.93. The van der Waals surface area contributed by atoms with Gasteiger partial charge < -0.3 is 10.5 Å². The summed E-state index contributed by atoms with van der Waals surface area (Å²) in [7, 11) is 0. The first-order chi connectivity index (χ1) is 7.72. The molecule has 1 saturated heterocycles. The summed E-state index contributed by atoms with van der Waals surface area (Å²) >= 11 is 0. The van der Waals surface area contributed by atoms with Crippen molar-refractivity contribution in [1.82, 2.24) is 14.8 Å². The minimum atomic E-state index is 0.0416. The van der Waals surface area contributed by atoms with Gasteiger partial charge in [-0.2, -0.15) is 5.10 Å². The van der Waals surface area contributed by atoms with Crippen LogP contribution in [0.25, 0.3) is 0 Å². The number of hydrogen-bond donors (Lipinski definition) is 1. The minimum absolute atomic E-state index is 0.0416. The lowest BCUT2D eigenvalue weighted by molar-refractivity contribution is 0.0659. The fourth-order valence-electron chi connectivity index (χ4n) is 2.40. The molecule has 0 amide bonds. The molecule has 2 atom stereocenters. The average Bonchev–Trinajstić information content (AvgIpc) is 2.87. The molecule has 1 aliphatic heterocycles. The Balaban J connectivity index is 2.18. The van der Waals surface area contributed by atoms with Crippen LogP contribution in [0, 0.1) is 5.41 Å². The van der Waals surface area contributed by atoms with Gasteiger partial charge >= 0.3 is 0 Å². The van der Waals surface area contributed by atoms with Gasteiger partial charge in [0.2, 0.25) is 0 Å². The van der Waals surface area contributed by atoms with Crippen LogP contribution in [-0.4, -0.2) is 34.0 Å². The summed E-state index contributed by atoms with van der Waals surface area (Å²) in [6.07, 6.45) is 3.70. The van der Waals surface area contributed by atoms with Gasteiger partial charge in [0.1, 0.15) is 12.2 Å². The van der Waals surface area contributed by atoms with Crippen LogP contribution < -0.4 is 5.73 Å². The Bertz CT molecular complexity index is 352. The monoisotopic (exact) mass is 224 g/mol. The van der Waals surface area contributed by atoms with E-state index in [4.69, 9.17) is 10.5 Å². The third-order valence-corrected chi connectivity index (χ3v) is 3.74. The van der Waals surface area contributed by atoms with Crippen LogP contribution in [0.1, 0.15) is 26.1 Å². The Hall–Kier alpha value is -0.940. The lowest BCUT2D eigenvalue weighted by Crippen LogP contribution is -2.39. The van der Waals surface area contributed by atoms with Crippen molar-refractivity contribution in [2.24, 2.45) is 11.1 Å². The molecule has 0 spiro atoms. The highest BCUT2D eigenvalue weighted by molar-refractivity contribution is 5.00. The summed E-state index contributed by atoms with van der Waals surface area (Å²) in [6, 6.07) is 0. The zero-order valence-electron chi connectivity index (χ0n) is 10.0. The molecule has 0 radical (unpaired) electrons. The number of aryl methyl sites for hydroxylation is 1. The molecule has 1 aromatic heterocycles. The molecule has 0 aromatic carbocycles. The normalized spacial score (nSPS) is 29.8. The van der Waals surface area contributed by atoms with Crippen LogP contribution >= 0.6 is 0 Å². The Morgan fingerprint density at radius 2 is 2.50 bits per heavy atom. The Kier molecular flexibility index (Phi) is 3.25. The second kappa shape index (κ2) is 4.51. The minimum Gasteiger partial charge on any atom is -0.378 e. The van der Waals surface area contributed by atoms with Crippen molar-refractivity contribution >= 4 is 0 Å². The molecule has 90 valence electrons. The van der Waals surface area contributed by atoms with E-state index in [-0.39, 0.29) is 11.5 Å². The zero-order chi connectivity index (χ0) is 11.6. The van der Waals surface area contributed by atoms with Crippen LogP contribution in [0.5, 0.6) is 0 Å². The molecule has 1 fully saturated rings. The summed E-state index contributed by atoms with van der Waals surface area (Å²) < 4.78 is 7.58. The van der Waals surface area contributed by atoms with Crippen molar-refractivity contribution in [3.8, 4) is 0 Å². The second-order valence-corrected chi connectivity index (χ2v) is 4.50. The highest BCUT2D eigenvalue weighted by atomic mass is 16.5. The number of rotatable bonds is 4. The van der Waals surface area contributed by atoms with Gasteiger partial charge in [0.25, 0.3) is 0 Å². The van der Waals surface area contributed by atoms with Gasteiger partial charge in [0, 0.05) is 31.5 Å². The third-order valence-electron chi connectivity index (χ3n) is 3.74. The first-order valence-electron chi connectivity index (χ1n) is 5.90. The quantitative estimate of drug-likeness (QED) is 0.813. The fourth-order valence-corrected chi connectivity index (χ4v) is 2.40. The molecular weight excluding hydrogens is 204 g/mol. The van der Waals surface area contributed by atoms with Crippen molar-refractivity contribution in [3.05, 3.63) is 12.2 Å². The maximum Gasteiger partial charge on any atom is 0.138 e. The van der Waals surface area contributed by atoms with Gasteiger partial charge in [0.05, 0.1) is 6.10 Å². The van der Waals surface area contributed by atoms with E-state index in [9.17, 15) is 0 Å². The molecule has 5 heteroatoms. The first kappa shape index (κ1) is 11.5. The van der Waals surface area contributed by atoms with Gasteiger partial charge in [-0.3, -0.25) is 4.68 Å². The summed E-state index contributed by atoms with van der Waals surface area (Å²) in [4.78, 5) is 4.32. The van der Waals surface area contributed by atoms with Crippen molar-refractivity contribution < 1.29 is 4.74 Å². The largest absolute Gasteiger partial charge is 0.378 e. The molecule has 1 aliphatic rings. The van der Waals surface area contributed by atoms with E-state index in [0.717, 1.165) is 31.8 Å². The molecule has 2 rings (SSSR count). The van der Waals surface area contributed by atoms with E-state index in [1.165, 1.54) is 0 Å². The molecule has 5 nitrogen and oxygen atoms in total. The SMILES string of the molecule is CCn1ncnc1CC1(CN)CCOC1C. The second-order valence-electron chi connectivity index (χ2n) is 4.50. The standard InChI is InChI=1S/C11H20N4O/c1-3-15-10(13-8-14-15)6-11(7-12)4-5-16-9(11)2/h8-9H,3-7,12H2,1-2H3. The molecular formula is C11H20N4O. The Morgan fingerprint density at radius 3 is 3.06 bits per heavy atom. The lowest BCUT2D eigenvalue weighted by Gasteiger charge is -2.30. The Labute approximate surface area is 96.0 Å². The van der Waals surface area contributed by atoms with Crippen molar-refractivity contribution in [2.75, 3.05) is 13.2 Å². The van der Waals surface area contributed by atoms with E-state index in [2.05, 4.69) is 23.9 Å². The van der Waals surface area contributed by atoms with Crippen LogP contribution in [0.4, 0.5) is 0 Å². The molecule has 2 heterocycles. The molecule has 2 N–H and O–H groups in total. The van der Waals surface area contributed by atoms with Gasteiger partial charge in [-0.15, -0.1) is 0 Å². The predicted molar refractivity (Wildman–Crippen MR) is 60.9 cm³/mol. The molecule has 16 heavy (non-hydrogen) atoms. The number of ether oxygens (including phenoxy) is 1. The van der Waals surface area contributed by atoms with Crippen molar-refractivity contribution in [1.29, 1.82) is 0 Å². The number of nitrogens with zero attached hydrogens (tertiary/aromatic N) is 3. The summed E-state index contributed by atoms with van der Waals surface area (Å²) in [5, 5.41) is 4.19. The smallest absolute Gasteiger partial charge is 0.138 e. The van der Waals surface area contributed by atoms with E-state index in [0.29, 0.717) is 6.54 Å². The van der Waals surface area contributed by atoms with E-state index in [1.54, 1.807) is 6.33 Å². The van der Waals surface area contributed by atoms with Crippen molar-refractivity contribution in [3.63, 3.8) is 0 Å². The van der Waals surface area contributed by atoms with Gasteiger partial charge in [-0.1, -0.05) is 0 Å². The van der Waals surface area contributed by atoms with Gasteiger partial charge in [-0.25, -0.2) is 4.98 Å². The number of hydrogen-bond acceptors (Lipinski definition) is 4. The average molecular weight is 224 g/mol. The first-order valence-corrected chi connectivity index (χ1v) is 5.90. The number of nitrogens with two attached hydrogens (primary N) is 1. The fraction of sp³-hybridized carbons (Fsp3) is 0.818. The molecule has 0 bridgehead atoms. The predicted octanol–water partition coefficient (Wildman–Crippen LogP) is 0.594. The maximum absolute atomic E-state index is 5.93.